The van der Waals surface area contributed by atoms with Gasteiger partial charge in [0.05, 0.1) is 19.8 Å². The van der Waals surface area contributed by atoms with Crippen molar-refractivity contribution in [2.75, 3.05) is 44.8 Å². The van der Waals surface area contributed by atoms with Crippen LogP contribution in [0.5, 0.6) is 0 Å². The fraction of sp³-hybridized carbons (Fsp3) is 0.625. The van der Waals surface area contributed by atoms with Gasteiger partial charge in [0.15, 0.2) is 0 Å². The molecule has 0 unspecified atom stereocenters. The lowest BCUT2D eigenvalue weighted by atomic mass is 10.1. The van der Waals surface area contributed by atoms with Gasteiger partial charge in [-0.1, -0.05) is 17.7 Å². The highest BCUT2D eigenvalue weighted by atomic mass is 35.5. The van der Waals surface area contributed by atoms with Gasteiger partial charge in [-0.3, -0.25) is 4.90 Å². The molecule has 3 rings (SSSR count). The first kappa shape index (κ1) is 15.1. The number of halogens is 1. The van der Waals surface area contributed by atoms with Gasteiger partial charge in [-0.25, -0.2) is 0 Å². The van der Waals surface area contributed by atoms with Crippen LogP contribution in [0.25, 0.3) is 0 Å². The van der Waals surface area contributed by atoms with Gasteiger partial charge in [0.1, 0.15) is 0 Å². The molecule has 5 heteroatoms. The minimum absolute atomic E-state index is 0.403. The van der Waals surface area contributed by atoms with Crippen molar-refractivity contribution in [3.63, 3.8) is 0 Å². The Morgan fingerprint density at radius 3 is 2.76 bits per heavy atom. The molecule has 1 N–H and O–H groups in total. The van der Waals surface area contributed by atoms with Crippen LogP contribution in [0.4, 0.5) is 5.69 Å². The molecular weight excluding hydrogens is 288 g/mol. The highest BCUT2D eigenvalue weighted by Crippen LogP contribution is 2.24. The fourth-order valence-electron chi connectivity index (χ4n) is 2.86. The SMILES string of the molecule is Clc1cc(N[C@@H]2CCCOC2)ccc1CN1CCOCC1. The van der Waals surface area contributed by atoms with Gasteiger partial charge in [0, 0.05) is 43.0 Å². The van der Waals surface area contributed by atoms with E-state index in [1.165, 1.54) is 5.56 Å². The van der Waals surface area contributed by atoms with Gasteiger partial charge in [0.2, 0.25) is 0 Å². The Balaban J connectivity index is 1.59. The molecular formula is C16H23ClN2O2. The Kier molecular flexibility index (Phi) is 5.36. The third kappa shape index (κ3) is 4.33. The van der Waals surface area contributed by atoms with E-state index in [4.69, 9.17) is 21.1 Å². The molecule has 1 aromatic rings. The van der Waals surface area contributed by atoms with Gasteiger partial charge >= 0.3 is 0 Å². The van der Waals surface area contributed by atoms with E-state index in [2.05, 4.69) is 22.3 Å². The molecule has 21 heavy (non-hydrogen) atoms. The van der Waals surface area contributed by atoms with Crippen LogP contribution < -0.4 is 5.32 Å². The largest absolute Gasteiger partial charge is 0.380 e. The summed E-state index contributed by atoms with van der Waals surface area (Å²) in [7, 11) is 0. The Morgan fingerprint density at radius 1 is 1.19 bits per heavy atom. The second kappa shape index (κ2) is 7.45. The fourth-order valence-corrected chi connectivity index (χ4v) is 3.10. The highest BCUT2D eigenvalue weighted by molar-refractivity contribution is 6.31. The van der Waals surface area contributed by atoms with Gasteiger partial charge in [-0.2, -0.15) is 0 Å². The molecule has 1 aromatic carbocycles. The molecule has 0 spiro atoms. The number of benzene rings is 1. The van der Waals surface area contributed by atoms with Crippen LogP contribution in [0.3, 0.4) is 0 Å². The van der Waals surface area contributed by atoms with Crippen LogP contribution in [0, 0.1) is 0 Å². The summed E-state index contributed by atoms with van der Waals surface area (Å²) in [5.74, 6) is 0. The standard InChI is InChI=1S/C16H23ClN2O2/c17-16-10-14(18-15-2-1-7-21-12-15)4-3-13(16)11-19-5-8-20-9-6-19/h3-4,10,15,18H,1-2,5-9,11-12H2/t15-/m1/s1. The second-order valence-electron chi connectivity index (χ2n) is 5.75. The Bertz CT molecular complexity index is 458. The van der Waals surface area contributed by atoms with Gasteiger partial charge < -0.3 is 14.8 Å². The van der Waals surface area contributed by atoms with Crippen molar-refractivity contribution in [2.24, 2.45) is 0 Å². The summed E-state index contributed by atoms with van der Waals surface area (Å²) in [6, 6.07) is 6.69. The molecule has 0 bridgehead atoms. The van der Waals surface area contributed by atoms with Crippen molar-refractivity contribution >= 4 is 17.3 Å². The van der Waals surface area contributed by atoms with E-state index in [1.54, 1.807) is 0 Å². The van der Waals surface area contributed by atoms with E-state index in [-0.39, 0.29) is 0 Å². The lowest BCUT2D eigenvalue weighted by Gasteiger charge is -2.27. The second-order valence-corrected chi connectivity index (χ2v) is 6.16. The third-order valence-electron chi connectivity index (χ3n) is 4.08. The maximum absolute atomic E-state index is 6.44. The van der Waals surface area contributed by atoms with Crippen molar-refractivity contribution in [3.8, 4) is 0 Å². The van der Waals surface area contributed by atoms with Crippen LogP contribution in [-0.2, 0) is 16.0 Å². The van der Waals surface area contributed by atoms with E-state index >= 15 is 0 Å². The van der Waals surface area contributed by atoms with Crippen molar-refractivity contribution < 1.29 is 9.47 Å². The lowest BCUT2D eigenvalue weighted by Crippen LogP contribution is -2.35. The Hall–Kier alpha value is -0.810. The molecule has 2 aliphatic heterocycles. The molecule has 2 heterocycles. The first-order chi connectivity index (χ1) is 10.3. The molecule has 0 amide bonds. The molecule has 0 aliphatic carbocycles. The zero-order chi connectivity index (χ0) is 14.5. The van der Waals surface area contributed by atoms with E-state index in [9.17, 15) is 0 Å². The molecule has 2 saturated heterocycles. The van der Waals surface area contributed by atoms with Crippen molar-refractivity contribution in [2.45, 2.75) is 25.4 Å². The molecule has 0 saturated carbocycles. The number of hydrogen-bond donors (Lipinski definition) is 1. The average Bonchev–Trinajstić information content (AvgIpc) is 2.52. The van der Waals surface area contributed by atoms with Crippen molar-refractivity contribution in [1.29, 1.82) is 0 Å². The quantitative estimate of drug-likeness (QED) is 0.927. The predicted octanol–water partition coefficient (Wildman–Crippen LogP) is 2.76. The van der Waals surface area contributed by atoms with Crippen LogP contribution >= 0.6 is 11.6 Å². The molecule has 1 atom stereocenters. The number of nitrogens with one attached hydrogen (secondary N) is 1. The smallest absolute Gasteiger partial charge is 0.0667 e. The van der Waals surface area contributed by atoms with Gasteiger partial charge in [0.25, 0.3) is 0 Å². The van der Waals surface area contributed by atoms with E-state index in [0.717, 1.165) is 69.6 Å². The van der Waals surface area contributed by atoms with Gasteiger partial charge in [-0.05, 0) is 30.5 Å². The van der Waals surface area contributed by atoms with Crippen molar-refractivity contribution in [3.05, 3.63) is 28.8 Å². The number of anilines is 1. The summed E-state index contributed by atoms with van der Waals surface area (Å²) in [6.45, 7) is 6.17. The summed E-state index contributed by atoms with van der Waals surface area (Å²) in [5.41, 5.74) is 2.27. The zero-order valence-electron chi connectivity index (χ0n) is 12.3. The molecule has 2 fully saturated rings. The first-order valence-electron chi connectivity index (χ1n) is 7.74. The maximum Gasteiger partial charge on any atom is 0.0667 e. The number of nitrogens with zero attached hydrogens (tertiary/aromatic N) is 1. The molecule has 2 aliphatic rings. The number of hydrogen-bond acceptors (Lipinski definition) is 4. The normalized spacial score (nSPS) is 24.0. The van der Waals surface area contributed by atoms with Crippen LogP contribution in [0.2, 0.25) is 5.02 Å². The minimum atomic E-state index is 0.403. The van der Waals surface area contributed by atoms with Crippen molar-refractivity contribution in [1.82, 2.24) is 4.90 Å². The van der Waals surface area contributed by atoms with Gasteiger partial charge in [-0.15, -0.1) is 0 Å². The lowest BCUT2D eigenvalue weighted by molar-refractivity contribution is 0.0342. The number of morpholine rings is 1. The molecule has 116 valence electrons. The summed E-state index contributed by atoms with van der Waals surface area (Å²) >= 11 is 6.44. The Labute approximate surface area is 131 Å². The molecule has 4 nitrogen and oxygen atoms in total. The zero-order valence-corrected chi connectivity index (χ0v) is 13.1. The van der Waals surface area contributed by atoms with E-state index in [0.29, 0.717) is 6.04 Å². The van der Waals surface area contributed by atoms with Crippen LogP contribution in [0.15, 0.2) is 18.2 Å². The summed E-state index contributed by atoms with van der Waals surface area (Å²) in [5, 5.41) is 4.35. The number of ether oxygens (including phenoxy) is 2. The maximum atomic E-state index is 6.44. The minimum Gasteiger partial charge on any atom is -0.380 e. The summed E-state index contributed by atoms with van der Waals surface area (Å²) in [6.07, 6.45) is 2.29. The predicted molar refractivity (Wildman–Crippen MR) is 85.0 cm³/mol. The van der Waals surface area contributed by atoms with Crippen LogP contribution in [-0.4, -0.2) is 50.5 Å². The summed E-state index contributed by atoms with van der Waals surface area (Å²) in [4.78, 5) is 2.38. The first-order valence-corrected chi connectivity index (χ1v) is 8.12. The van der Waals surface area contributed by atoms with Crippen LogP contribution in [0.1, 0.15) is 18.4 Å². The molecule has 0 aromatic heterocycles. The monoisotopic (exact) mass is 310 g/mol. The number of rotatable bonds is 4. The topological polar surface area (TPSA) is 33.7 Å². The summed E-state index contributed by atoms with van der Waals surface area (Å²) < 4.78 is 10.9. The molecule has 0 radical (unpaired) electrons. The average molecular weight is 311 g/mol. The third-order valence-corrected chi connectivity index (χ3v) is 4.43. The van der Waals surface area contributed by atoms with E-state index < -0.39 is 0 Å². The Morgan fingerprint density at radius 2 is 2.05 bits per heavy atom. The highest BCUT2D eigenvalue weighted by Gasteiger charge is 2.15. The van der Waals surface area contributed by atoms with E-state index in [1.807, 2.05) is 6.07 Å².